The molecule has 1 heterocycles. The molecule has 19 heavy (non-hydrogen) atoms. The Morgan fingerprint density at radius 2 is 1.89 bits per heavy atom. The number of fused-ring (bicyclic) bond motifs is 1. The largest absolute Gasteiger partial charge is 0.397 e. The number of nitrogen functional groups attached to an aromatic ring is 1. The van der Waals surface area contributed by atoms with E-state index in [4.69, 9.17) is 5.73 Å². The van der Waals surface area contributed by atoms with Gasteiger partial charge >= 0.3 is 0 Å². The van der Waals surface area contributed by atoms with Crippen molar-refractivity contribution in [1.82, 2.24) is 5.43 Å². The molecule has 1 aromatic heterocycles. The zero-order valence-electron chi connectivity index (χ0n) is 10.5. The predicted octanol–water partition coefficient (Wildman–Crippen LogP) is 2.51. The first-order valence-electron chi connectivity index (χ1n) is 6.01. The van der Waals surface area contributed by atoms with Gasteiger partial charge in [0.1, 0.15) is 4.70 Å². The van der Waals surface area contributed by atoms with E-state index in [-0.39, 0.29) is 0 Å². The van der Waals surface area contributed by atoms with E-state index in [1.54, 1.807) is 11.3 Å². The lowest BCUT2D eigenvalue weighted by atomic mass is 10.0. The number of rotatable bonds is 3. The average Bonchev–Trinajstić information content (AvgIpc) is 2.89. The molecule has 0 spiro atoms. The quantitative estimate of drug-likeness (QED) is 0.506. The number of para-hydroxylation sites is 1. The summed E-state index contributed by atoms with van der Waals surface area (Å²) in [6.45, 7) is 0. The summed E-state index contributed by atoms with van der Waals surface area (Å²) in [4.78, 5) is 3.25. The highest BCUT2D eigenvalue weighted by Gasteiger charge is 2.14. The van der Waals surface area contributed by atoms with Crippen LogP contribution in [0.3, 0.4) is 0 Å². The predicted molar refractivity (Wildman–Crippen MR) is 80.9 cm³/mol. The minimum Gasteiger partial charge on any atom is -0.397 e. The van der Waals surface area contributed by atoms with E-state index in [1.807, 2.05) is 30.8 Å². The van der Waals surface area contributed by atoms with Crippen LogP contribution in [0.2, 0.25) is 0 Å². The maximum absolute atomic E-state index is 6.06. The first-order chi connectivity index (χ1) is 9.31. The third-order valence-corrected chi connectivity index (χ3v) is 3.95. The Kier molecular flexibility index (Phi) is 3.06. The van der Waals surface area contributed by atoms with Crippen LogP contribution in [0.25, 0.3) is 21.3 Å². The van der Waals surface area contributed by atoms with Gasteiger partial charge in [-0.2, -0.15) is 0 Å². The second-order valence-corrected chi connectivity index (χ2v) is 5.09. The molecule has 4 nitrogen and oxygen atoms in total. The van der Waals surface area contributed by atoms with Gasteiger partial charge in [-0.15, -0.1) is 0 Å². The summed E-state index contributed by atoms with van der Waals surface area (Å²) in [5, 5.41) is 0. The molecule has 0 atom stereocenters. The van der Waals surface area contributed by atoms with E-state index in [0.29, 0.717) is 0 Å². The van der Waals surface area contributed by atoms with Crippen molar-refractivity contribution in [1.29, 1.82) is 0 Å². The number of hydrazine groups is 1. The minimum absolute atomic E-state index is 0.726. The highest BCUT2D eigenvalue weighted by atomic mass is 32.1. The topological polar surface area (TPSA) is 64.2 Å². The number of aromatic nitrogens is 1. The van der Waals surface area contributed by atoms with Crippen LogP contribution in [-0.4, -0.2) is 7.05 Å². The monoisotopic (exact) mass is 271 g/mol. The van der Waals surface area contributed by atoms with Gasteiger partial charge in [-0.1, -0.05) is 35.6 Å². The van der Waals surface area contributed by atoms with E-state index >= 15 is 0 Å². The third kappa shape index (κ3) is 2.03. The molecular weight excluding hydrogens is 256 g/mol. The molecule has 5 heteroatoms. The molecule has 0 fully saturated rings. The molecule has 0 saturated carbocycles. The van der Waals surface area contributed by atoms with Gasteiger partial charge in [0.2, 0.25) is 11.0 Å². The van der Waals surface area contributed by atoms with Crippen molar-refractivity contribution in [2.24, 2.45) is 0 Å². The van der Waals surface area contributed by atoms with Crippen LogP contribution in [0.5, 0.6) is 0 Å². The van der Waals surface area contributed by atoms with E-state index in [1.165, 1.54) is 10.3 Å². The van der Waals surface area contributed by atoms with E-state index in [2.05, 4.69) is 34.0 Å². The average molecular weight is 271 g/mol. The SMILES string of the molecule is CNNc1c(N)cccc1-c1cccc2[nH+]csc12. The van der Waals surface area contributed by atoms with Crippen molar-refractivity contribution in [3.05, 3.63) is 41.9 Å². The molecule has 0 saturated heterocycles. The highest BCUT2D eigenvalue weighted by Crippen LogP contribution is 2.36. The lowest BCUT2D eigenvalue weighted by molar-refractivity contribution is -0.338. The molecule has 3 rings (SSSR count). The molecule has 0 radical (unpaired) electrons. The Hall–Kier alpha value is -2.11. The molecule has 0 bridgehead atoms. The maximum Gasteiger partial charge on any atom is 0.224 e. The van der Waals surface area contributed by atoms with Crippen molar-refractivity contribution in [2.45, 2.75) is 0 Å². The van der Waals surface area contributed by atoms with Crippen LogP contribution >= 0.6 is 11.3 Å². The van der Waals surface area contributed by atoms with Gasteiger partial charge in [-0.05, 0) is 6.07 Å². The second kappa shape index (κ2) is 4.87. The molecule has 0 amide bonds. The Morgan fingerprint density at radius 3 is 2.74 bits per heavy atom. The van der Waals surface area contributed by atoms with Gasteiger partial charge < -0.3 is 11.2 Å². The molecule has 0 unspecified atom stereocenters. The first kappa shape index (κ1) is 12.0. The Bertz CT molecular complexity index is 720. The summed E-state index contributed by atoms with van der Waals surface area (Å²) in [6.07, 6.45) is 0. The van der Waals surface area contributed by atoms with Crippen LogP contribution < -0.4 is 21.6 Å². The molecule has 0 aliphatic carbocycles. The molecular formula is C14H15N4S+. The summed E-state index contributed by atoms with van der Waals surface area (Å²) >= 11 is 1.70. The van der Waals surface area contributed by atoms with E-state index < -0.39 is 0 Å². The molecule has 2 aromatic carbocycles. The molecule has 96 valence electrons. The summed E-state index contributed by atoms with van der Waals surface area (Å²) < 4.78 is 1.23. The zero-order valence-corrected chi connectivity index (χ0v) is 11.3. The number of nitrogens with one attached hydrogen (secondary N) is 3. The van der Waals surface area contributed by atoms with Gasteiger partial charge in [0.05, 0.1) is 11.4 Å². The molecule has 0 aliphatic rings. The zero-order chi connectivity index (χ0) is 13.2. The van der Waals surface area contributed by atoms with Crippen molar-refractivity contribution in [3.8, 4) is 11.1 Å². The number of aromatic amines is 1. The van der Waals surface area contributed by atoms with Crippen LogP contribution in [0.15, 0.2) is 41.9 Å². The van der Waals surface area contributed by atoms with Crippen LogP contribution in [0.1, 0.15) is 0 Å². The first-order valence-corrected chi connectivity index (χ1v) is 6.88. The standard InChI is InChI=1S/C14H14N4S/c1-16-18-13-9(4-2-6-11(13)15)10-5-3-7-12-14(10)19-8-17-12/h2-8,16,18H,15H2,1H3/p+1. The summed E-state index contributed by atoms with van der Waals surface area (Å²) in [5.74, 6) is 0. The summed E-state index contributed by atoms with van der Waals surface area (Å²) in [5.41, 5.74) is 19.2. The minimum atomic E-state index is 0.726. The van der Waals surface area contributed by atoms with Crippen LogP contribution in [0.4, 0.5) is 11.4 Å². The number of benzene rings is 2. The lowest BCUT2D eigenvalue weighted by Gasteiger charge is -2.13. The Morgan fingerprint density at radius 1 is 1.11 bits per heavy atom. The van der Waals surface area contributed by atoms with Gasteiger partial charge in [0, 0.05) is 24.2 Å². The van der Waals surface area contributed by atoms with Crippen molar-refractivity contribution in [3.63, 3.8) is 0 Å². The molecule has 5 N–H and O–H groups in total. The lowest BCUT2D eigenvalue weighted by Crippen LogP contribution is -2.17. The normalized spacial score (nSPS) is 10.8. The maximum atomic E-state index is 6.06. The van der Waals surface area contributed by atoms with Gasteiger partial charge in [0.15, 0.2) is 0 Å². The number of hydrogen-bond acceptors (Lipinski definition) is 4. The number of hydrogen-bond donors (Lipinski definition) is 3. The Labute approximate surface area is 115 Å². The third-order valence-electron chi connectivity index (χ3n) is 3.04. The Balaban J connectivity index is 2.27. The number of H-pyrrole nitrogens is 1. The van der Waals surface area contributed by atoms with Gasteiger partial charge in [0.25, 0.3) is 0 Å². The number of nitrogens with two attached hydrogens (primary N) is 1. The fourth-order valence-electron chi connectivity index (χ4n) is 2.20. The fraction of sp³-hybridized carbons (Fsp3) is 0.0714. The highest BCUT2D eigenvalue weighted by molar-refractivity contribution is 7.16. The molecule has 0 aliphatic heterocycles. The van der Waals surface area contributed by atoms with Crippen molar-refractivity contribution >= 4 is 32.9 Å². The second-order valence-electron chi connectivity index (χ2n) is 4.21. The van der Waals surface area contributed by atoms with Gasteiger partial charge in [-0.3, -0.25) is 0 Å². The summed E-state index contributed by atoms with van der Waals surface area (Å²) in [6, 6.07) is 12.2. The van der Waals surface area contributed by atoms with Crippen LogP contribution in [0, 0.1) is 0 Å². The summed E-state index contributed by atoms with van der Waals surface area (Å²) in [7, 11) is 1.83. The van der Waals surface area contributed by atoms with Crippen molar-refractivity contribution < 1.29 is 4.98 Å². The van der Waals surface area contributed by atoms with Crippen LogP contribution in [-0.2, 0) is 0 Å². The fourth-order valence-corrected chi connectivity index (χ4v) is 3.06. The van der Waals surface area contributed by atoms with E-state index in [9.17, 15) is 0 Å². The smallest absolute Gasteiger partial charge is 0.224 e. The van der Waals surface area contributed by atoms with Crippen molar-refractivity contribution in [2.75, 3.05) is 18.2 Å². The van der Waals surface area contributed by atoms with E-state index in [0.717, 1.165) is 22.5 Å². The number of anilines is 2. The molecule has 3 aromatic rings. The van der Waals surface area contributed by atoms with Gasteiger partial charge in [-0.25, -0.2) is 10.4 Å². The number of thiazole rings is 1.